The third-order valence-electron chi connectivity index (χ3n) is 9.38. The first-order valence-electron chi connectivity index (χ1n) is 12.2. The molecule has 4 rings (SSSR count). The van der Waals surface area contributed by atoms with Crippen molar-refractivity contribution in [2.45, 2.75) is 71.0 Å². The van der Waals surface area contributed by atoms with Crippen LogP contribution in [-0.2, 0) is 19.1 Å². The maximum Gasteiger partial charge on any atom is 0.306 e. The van der Waals surface area contributed by atoms with Crippen molar-refractivity contribution in [1.82, 2.24) is 0 Å². The van der Waals surface area contributed by atoms with E-state index in [1.807, 2.05) is 13.0 Å². The van der Waals surface area contributed by atoms with Gasteiger partial charge in [-0.05, 0) is 68.6 Å². The average molecular weight is 496 g/mol. The predicted molar refractivity (Wildman–Crippen MR) is 129 cm³/mol. The van der Waals surface area contributed by atoms with Crippen LogP contribution in [-0.4, -0.2) is 52.6 Å². The van der Waals surface area contributed by atoms with E-state index in [1.54, 1.807) is 12.2 Å². The molecule has 0 spiro atoms. The number of carbonyl (C=O) groups excluding carboxylic acids is 3. The van der Waals surface area contributed by atoms with Crippen molar-refractivity contribution in [2.24, 2.45) is 40.2 Å². The SMILES string of the molecule is C[C@H]1C[C@@H]2[C@H]([C@@H](O)C[C@@]3(C)[C@H]2CC[C@]3(O)C(=O)COC(=O)CCCN)[C@@]2(C)C=CC(=O)C=C12.Cl. The summed E-state index contributed by atoms with van der Waals surface area (Å²) in [7, 11) is 0. The summed E-state index contributed by atoms with van der Waals surface area (Å²) in [5.74, 6) is -0.723. The van der Waals surface area contributed by atoms with Crippen molar-refractivity contribution in [3.63, 3.8) is 0 Å². The molecule has 190 valence electrons. The third kappa shape index (κ3) is 3.98. The standard InChI is InChI=1S/C26H37NO6.ClH/c1-15-11-17-18-7-9-26(32,21(30)14-33-22(31)5-4-10-27)25(18,3)13-20(29)23(17)24(2)8-6-16(28)12-19(15)24;/h6,8,12,15,17-18,20,23,29,32H,4-5,7,9-11,13-14,27H2,1-3H3;1H/t15-,17-,18-,20-,23+,24-,25-,26-;/m0./s1. The highest BCUT2D eigenvalue weighted by molar-refractivity contribution is 6.01. The van der Waals surface area contributed by atoms with Gasteiger partial charge in [0.15, 0.2) is 12.4 Å². The van der Waals surface area contributed by atoms with E-state index in [-0.39, 0.29) is 48.3 Å². The summed E-state index contributed by atoms with van der Waals surface area (Å²) in [6.07, 6.45) is 7.28. The molecule has 34 heavy (non-hydrogen) atoms. The van der Waals surface area contributed by atoms with Crippen LogP contribution in [0.15, 0.2) is 23.8 Å². The second kappa shape index (κ2) is 9.49. The van der Waals surface area contributed by atoms with Crippen LogP contribution in [0.1, 0.15) is 59.3 Å². The largest absolute Gasteiger partial charge is 0.458 e. The fraction of sp³-hybridized carbons (Fsp3) is 0.731. The molecule has 3 fully saturated rings. The van der Waals surface area contributed by atoms with Gasteiger partial charge in [0.2, 0.25) is 5.78 Å². The van der Waals surface area contributed by atoms with Crippen LogP contribution in [0.3, 0.4) is 0 Å². The molecule has 0 aromatic heterocycles. The fourth-order valence-corrected chi connectivity index (χ4v) is 7.80. The van der Waals surface area contributed by atoms with Crippen LogP contribution in [0.25, 0.3) is 0 Å². The van der Waals surface area contributed by atoms with Gasteiger partial charge in [0.1, 0.15) is 5.60 Å². The predicted octanol–water partition coefficient (Wildman–Crippen LogP) is 2.52. The Hall–Kier alpha value is -1.54. The number of allylic oxidation sites excluding steroid dienone is 4. The first-order valence-corrected chi connectivity index (χ1v) is 12.2. The molecule has 8 heteroatoms. The van der Waals surface area contributed by atoms with Crippen molar-refractivity contribution < 1.29 is 29.3 Å². The topological polar surface area (TPSA) is 127 Å². The molecule has 4 aliphatic rings. The van der Waals surface area contributed by atoms with E-state index < -0.39 is 40.9 Å². The van der Waals surface area contributed by atoms with E-state index in [1.165, 1.54) is 0 Å². The molecule has 4 aliphatic carbocycles. The number of aliphatic hydroxyl groups excluding tert-OH is 1. The van der Waals surface area contributed by atoms with E-state index in [0.717, 1.165) is 12.0 Å². The van der Waals surface area contributed by atoms with Crippen LogP contribution in [0, 0.1) is 34.5 Å². The third-order valence-corrected chi connectivity index (χ3v) is 9.38. The Morgan fingerprint density at radius 3 is 2.68 bits per heavy atom. The van der Waals surface area contributed by atoms with Crippen LogP contribution in [0.5, 0.6) is 0 Å². The summed E-state index contributed by atoms with van der Waals surface area (Å²) in [5.41, 5.74) is 3.63. The Bertz CT molecular complexity index is 917. The summed E-state index contributed by atoms with van der Waals surface area (Å²) in [5, 5.41) is 23.1. The quantitative estimate of drug-likeness (QED) is 0.483. The number of fused-ring (bicyclic) bond motifs is 5. The number of hydrogen-bond acceptors (Lipinski definition) is 7. The lowest BCUT2D eigenvalue weighted by atomic mass is 9.45. The molecule has 8 atom stereocenters. The van der Waals surface area contributed by atoms with Crippen LogP contribution in [0.4, 0.5) is 0 Å². The normalized spacial score (nSPS) is 42.6. The van der Waals surface area contributed by atoms with Gasteiger partial charge in [-0.15, -0.1) is 12.4 Å². The Morgan fingerprint density at radius 1 is 1.29 bits per heavy atom. The minimum Gasteiger partial charge on any atom is -0.458 e. The number of carbonyl (C=O) groups is 3. The first kappa shape index (κ1) is 27.1. The summed E-state index contributed by atoms with van der Waals surface area (Å²) < 4.78 is 5.14. The Balaban J connectivity index is 0.00000324. The highest BCUT2D eigenvalue weighted by Crippen LogP contribution is 2.67. The fourth-order valence-electron chi connectivity index (χ4n) is 7.80. The Kier molecular flexibility index (Phi) is 7.55. The highest BCUT2D eigenvalue weighted by atomic mass is 35.5. The summed E-state index contributed by atoms with van der Waals surface area (Å²) in [6, 6.07) is 0. The number of esters is 1. The molecule has 0 unspecified atom stereocenters. The van der Waals surface area contributed by atoms with E-state index >= 15 is 0 Å². The van der Waals surface area contributed by atoms with Crippen LogP contribution < -0.4 is 5.73 Å². The van der Waals surface area contributed by atoms with Crippen LogP contribution in [0.2, 0.25) is 0 Å². The second-order valence-corrected chi connectivity index (χ2v) is 11.1. The first-order chi connectivity index (χ1) is 15.5. The molecule has 0 radical (unpaired) electrons. The Labute approximate surface area is 207 Å². The minimum absolute atomic E-state index is 0. The van der Waals surface area contributed by atoms with E-state index in [9.17, 15) is 24.6 Å². The molecule has 0 amide bonds. The molecule has 4 N–H and O–H groups in total. The van der Waals surface area contributed by atoms with Gasteiger partial charge >= 0.3 is 5.97 Å². The molecule has 0 aromatic rings. The van der Waals surface area contributed by atoms with Gasteiger partial charge in [-0.1, -0.05) is 32.4 Å². The van der Waals surface area contributed by atoms with E-state index in [2.05, 4.69) is 13.8 Å². The zero-order valence-electron chi connectivity index (χ0n) is 20.3. The van der Waals surface area contributed by atoms with Crippen molar-refractivity contribution in [2.75, 3.05) is 13.2 Å². The lowest BCUT2D eigenvalue weighted by molar-refractivity contribution is -0.182. The number of ether oxygens (including phenoxy) is 1. The zero-order valence-corrected chi connectivity index (χ0v) is 21.1. The number of rotatable bonds is 6. The van der Waals surface area contributed by atoms with Gasteiger partial charge in [0.05, 0.1) is 6.10 Å². The van der Waals surface area contributed by atoms with Crippen molar-refractivity contribution >= 4 is 29.9 Å². The zero-order chi connectivity index (χ0) is 24.2. The van der Waals surface area contributed by atoms with Gasteiger partial charge in [-0.3, -0.25) is 14.4 Å². The molecule has 0 heterocycles. The van der Waals surface area contributed by atoms with Crippen molar-refractivity contribution in [1.29, 1.82) is 0 Å². The summed E-state index contributed by atoms with van der Waals surface area (Å²) in [6.45, 7) is 6.05. The number of aliphatic hydroxyl groups is 2. The molecule has 7 nitrogen and oxygen atoms in total. The molecular weight excluding hydrogens is 458 g/mol. The monoisotopic (exact) mass is 495 g/mol. The van der Waals surface area contributed by atoms with Crippen molar-refractivity contribution in [3.8, 4) is 0 Å². The molecular formula is C26H38ClNO6. The lowest BCUT2D eigenvalue weighted by Gasteiger charge is -2.60. The molecule has 0 bridgehead atoms. The number of ketones is 2. The molecule has 0 aliphatic heterocycles. The maximum absolute atomic E-state index is 13.2. The number of hydrogen-bond donors (Lipinski definition) is 3. The average Bonchev–Trinajstić information content (AvgIpc) is 3.03. The van der Waals surface area contributed by atoms with Gasteiger partial charge < -0.3 is 20.7 Å². The minimum atomic E-state index is -1.64. The van der Waals surface area contributed by atoms with Gasteiger partial charge in [0, 0.05) is 23.2 Å². The Morgan fingerprint density at radius 2 is 2.00 bits per heavy atom. The smallest absolute Gasteiger partial charge is 0.306 e. The molecule has 3 saturated carbocycles. The van der Waals surface area contributed by atoms with E-state index in [4.69, 9.17) is 10.5 Å². The maximum atomic E-state index is 13.2. The highest BCUT2D eigenvalue weighted by Gasteiger charge is 2.68. The van der Waals surface area contributed by atoms with Crippen LogP contribution >= 0.6 is 12.4 Å². The second-order valence-electron chi connectivity index (χ2n) is 11.1. The summed E-state index contributed by atoms with van der Waals surface area (Å²) >= 11 is 0. The number of Topliss-reactive ketones (excluding diaryl/α,β-unsaturated/α-hetero) is 1. The summed E-state index contributed by atoms with van der Waals surface area (Å²) in [4.78, 5) is 37.1. The van der Waals surface area contributed by atoms with Gasteiger partial charge in [0.25, 0.3) is 0 Å². The van der Waals surface area contributed by atoms with Gasteiger partial charge in [-0.25, -0.2) is 0 Å². The van der Waals surface area contributed by atoms with Crippen molar-refractivity contribution in [3.05, 3.63) is 23.8 Å². The number of halogens is 1. The molecule has 0 aromatic carbocycles. The lowest BCUT2D eigenvalue weighted by Crippen LogP contribution is -2.62. The van der Waals surface area contributed by atoms with Gasteiger partial charge in [-0.2, -0.15) is 0 Å². The van der Waals surface area contributed by atoms with E-state index in [0.29, 0.717) is 32.2 Å². The number of nitrogens with two attached hydrogens (primary N) is 1. The molecule has 0 saturated heterocycles.